The van der Waals surface area contributed by atoms with E-state index in [4.69, 9.17) is 33.2 Å². The summed E-state index contributed by atoms with van der Waals surface area (Å²) in [5.74, 6) is 2.50. The Morgan fingerprint density at radius 2 is 1.30 bits per heavy atom. The minimum Gasteiger partial charge on any atom is -0.493 e. The van der Waals surface area contributed by atoms with Crippen molar-refractivity contribution in [2.75, 3.05) is 48.5 Å². The number of rotatable bonds is 6. The Morgan fingerprint density at radius 3 is 2.04 bits per heavy atom. The Kier molecular flexibility index (Phi) is 10.5. The van der Waals surface area contributed by atoms with Crippen LogP contribution in [0, 0.1) is 0 Å². The number of hydrogen-bond acceptors (Lipinski definition) is 11. The summed E-state index contributed by atoms with van der Waals surface area (Å²) in [6.07, 6.45) is 2.85. The van der Waals surface area contributed by atoms with Crippen LogP contribution in [0.1, 0.15) is 62.7 Å². The molecule has 57 heavy (non-hydrogen) atoms. The van der Waals surface area contributed by atoms with Gasteiger partial charge in [0.15, 0.2) is 34.5 Å². The van der Waals surface area contributed by atoms with E-state index >= 15 is 0 Å². The van der Waals surface area contributed by atoms with Gasteiger partial charge in [-0.3, -0.25) is 14.6 Å². The summed E-state index contributed by atoms with van der Waals surface area (Å²) in [5, 5.41) is 0. The molecule has 0 N–H and O–H groups in total. The molecule has 6 bridgehead atoms. The molecular weight excluding hydrogens is 725 g/mol. The molecule has 5 aromatic rings. The third-order valence-electron chi connectivity index (χ3n) is 11.2. The van der Waals surface area contributed by atoms with Gasteiger partial charge in [0, 0.05) is 37.7 Å². The maximum atomic E-state index is 14.2. The van der Waals surface area contributed by atoms with Gasteiger partial charge in [0.1, 0.15) is 17.1 Å². The van der Waals surface area contributed by atoms with Gasteiger partial charge in [-0.05, 0) is 122 Å². The third-order valence-corrected chi connectivity index (χ3v) is 11.2. The number of carbonyl (C=O) groups is 2. The Balaban J connectivity index is 1.36. The number of fused-ring (bicyclic) bond motifs is 2. The number of para-hydroxylation sites is 1. The van der Waals surface area contributed by atoms with Gasteiger partial charge in [-0.25, -0.2) is 4.79 Å². The van der Waals surface area contributed by atoms with Crippen LogP contribution in [0.5, 0.6) is 51.7 Å². The fourth-order valence-corrected chi connectivity index (χ4v) is 8.21. The maximum Gasteiger partial charge on any atom is 0.347 e. The van der Waals surface area contributed by atoms with Crippen molar-refractivity contribution in [3.63, 3.8) is 0 Å². The van der Waals surface area contributed by atoms with E-state index in [-0.39, 0.29) is 29.1 Å². The molecule has 0 aromatic heterocycles. The zero-order valence-corrected chi connectivity index (χ0v) is 33.0. The van der Waals surface area contributed by atoms with Gasteiger partial charge in [0.05, 0.1) is 21.3 Å². The number of hydrogen-bond donors (Lipinski definition) is 0. The average Bonchev–Trinajstić information content (AvgIpc) is 3.21. The largest absolute Gasteiger partial charge is 0.493 e. The van der Waals surface area contributed by atoms with Crippen molar-refractivity contribution < 1.29 is 42.7 Å². The highest BCUT2D eigenvalue weighted by Gasteiger charge is 2.36. The lowest BCUT2D eigenvalue weighted by Crippen LogP contribution is -2.34. The molecule has 0 fully saturated rings. The lowest BCUT2D eigenvalue weighted by atomic mass is 9.87. The van der Waals surface area contributed by atoms with Gasteiger partial charge >= 0.3 is 11.9 Å². The summed E-state index contributed by atoms with van der Waals surface area (Å²) in [6, 6.07) is 26.6. The summed E-state index contributed by atoms with van der Waals surface area (Å²) in [5.41, 5.74) is 6.39. The van der Waals surface area contributed by atoms with Crippen molar-refractivity contribution in [3.05, 3.63) is 124 Å². The zero-order chi connectivity index (χ0) is 39.8. The number of likely N-dealkylation sites (N-methyl/N-ethyl adjacent to an activating group) is 2. The second-order valence-corrected chi connectivity index (χ2v) is 14.7. The molecule has 4 heterocycles. The number of benzene rings is 5. The van der Waals surface area contributed by atoms with Crippen molar-refractivity contribution in [1.82, 2.24) is 9.80 Å². The third kappa shape index (κ3) is 7.48. The highest BCUT2D eigenvalue weighted by atomic mass is 16.6. The minimum absolute atomic E-state index is 0.0395. The van der Waals surface area contributed by atoms with Crippen molar-refractivity contribution >= 4 is 11.9 Å². The first-order valence-electron chi connectivity index (χ1n) is 19.1. The van der Waals surface area contributed by atoms with Crippen LogP contribution in [-0.2, 0) is 30.5 Å². The number of methoxy groups -OCH3 is 3. The molecule has 5 aromatic carbocycles. The van der Waals surface area contributed by atoms with Gasteiger partial charge < -0.3 is 33.2 Å². The van der Waals surface area contributed by atoms with Crippen molar-refractivity contribution in [1.29, 1.82) is 0 Å². The smallest absolute Gasteiger partial charge is 0.347 e. The van der Waals surface area contributed by atoms with Gasteiger partial charge in [0.2, 0.25) is 5.75 Å². The van der Waals surface area contributed by atoms with E-state index in [0.29, 0.717) is 53.1 Å². The summed E-state index contributed by atoms with van der Waals surface area (Å²) >= 11 is 0. The first-order chi connectivity index (χ1) is 27.6. The van der Waals surface area contributed by atoms with Crippen LogP contribution in [0.25, 0.3) is 0 Å². The lowest BCUT2D eigenvalue weighted by Gasteiger charge is -2.37. The molecule has 11 heteroatoms. The predicted octanol–water partition coefficient (Wildman–Crippen LogP) is 8.30. The monoisotopic (exact) mass is 770 g/mol. The summed E-state index contributed by atoms with van der Waals surface area (Å²) < 4.78 is 43.1. The van der Waals surface area contributed by atoms with E-state index < -0.39 is 11.9 Å². The Hall–Kier alpha value is -6.04. The van der Waals surface area contributed by atoms with Crippen LogP contribution in [-0.4, -0.2) is 70.3 Å². The van der Waals surface area contributed by atoms with Crippen LogP contribution in [0.3, 0.4) is 0 Å². The molecule has 0 unspecified atom stereocenters. The second kappa shape index (κ2) is 15.8. The molecule has 4 aliphatic heterocycles. The van der Waals surface area contributed by atoms with Gasteiger partial charge in [-0.1, -0.05) is 30.3 Å². The molecule has 0 amide bonds. The van der Waals surface area contributed by atoms with E-state index in [1.54, 1.807) is 38.5 Å². The predicted molar refractivity (Wildman–Crippen MR) is 214 cm³/mol. The van der Waals surface area contributed by atoms with Crippen molar-refractivity contribution in [2.45, 2.75) is 44.7 Å². The first-order valence-corrected chi connectivity index (χ1v) is 19.1. The molecule has 0 radical (unpaired) electrons. The highest BCUT2D eigenvalue weighted by Crippen LogP contribution is 2.52. The zero-order valence-electron chi connectivity index (χ0n) is 33.0. The summed E-state index contributed by atoms with van der Waals surface area (Å²) in [4.78, 5) is 30.8. The van der Waals surface area contributed by atoms with Crippen LogP contribution in [0.2, 0.25) is 0 Å². The fourth-order valence-electron chi connectivity index (χ4n) is 8.21. The lowest BCUT2D eigenvalue weighted by molar-refractivity contribution is -0.131. The van der Waals surface area contributed by atoms with Gasteiger partial charge in [0.25, 0.3) is 0 Å². The van der Waals surface area contributed by atoms with Crippen molar-refractivity contribution in [2.24, 2.45) is 0 Å². The van der Waals surface area contributed by atoms with E-state index in [9.17, 15) is 9.59 Å². The Bertz CT molecular complexity index is 2340. The fraction of sp³-hybridized carbons (Fsp3) is 0.304. The Labute approximate surface area is 332 Å². The minimum atomic E-state index is -0.744. The molecule has 4 aliphatic rings. The SMILES string of the molecule is COc1ccc2cc1Oc1ccc(cc1)C[C@H]1c3cc(c(OC)cc3CCN1C)Oc1c(OC(=O)c3ccccc3OC(C)=O)c(OC)cc3c1[C@H](C2)N(C)CC3. The molecule has 0 saturated carbocycles. The molecular formula is C46H46N2O9. The quantitative estimate of drug-likeness (QED) is 0.123. The van der Waals surface area contributed by atoms with Crippen LogP contribution >= 0.6 is 0 Å². The molecule has 11 nitrogen and oxygen atoms in total. The molecule has 9 rings (SSSR count). The number of nitrogens with zero attached hydrogens (tertiary/aromatic N) is 2. The van der Waals surface area contributed by atoms with Gasteiger partial charge in [-0.15, -0.1) is 0 Å². The summed E-state index contributed by atoms with van der Waals surface area (Å²) in [6.45, 7) is 2.92. The maximum absolute atomic E-state index is 14.2. The number of ether oxygens (including phenoxy) is 7. The second-order valence-electron chi connectivity index (χ2n) is 14.7. The normalized spacial score (nSPS) is 17.5. The van der Waals surface area contributed by atoms with E-state index in [2.05, 4.69) is 48.2 Å². The number of carbonyl (C=O) groups excluding carboxylic acids is 2. The van der Waals surface area contributed by atoms with Crippen LogP contribution in [0.4, 0.5) is 0 Å². The van der Waals surface area contributed by atoms with E-state index in [1.807, 2.05) is 36.4 Å². The van der Waals surface area contributed by atoms with E-state index in [1.165, 1.54) is 19.6 Å². The van der Waals surface area contributed by atoms with Crippen LogP contribution < -0.4 is 33.2 Å². The molecule has 0 saturated heterocycles. The topological polar surface area (TPSA) is 105 Å². The highest BCUT2D eigenvalue weighted by molar-refractivity contribution is 5.95. The van der Waals surface area contributed by atoms with E-state index in [0.717, 1.165) is 53.7 Å². The summed E-state index contributed by atoms with van der Waals surface area (Å²) in [7, 11) is 9.03. The van der Waals surface area contributed by atoms with Crippen LogP contribution in [0.15, 0.2) is 84.9 Å². The molecule has 0 aliphatic carbocycles. The molecule has 0 spiro atoms. The van der Waals surface area contributed by atoms with Gasteiger partial charge in [-0.2, -0.15) is 0 Å². The first kappa shape index (κ1) is 37.9. The Morgan fingerprint density at radius 1 is 0.649 bits per heavy atom. The molecule has 2 atom stereocenters. The number of esters is 2. The van der Waals surface area contributed by atoms with Crippen molar-refractivity contribution in [3.8, 4) is 51.7 Å². The average molecular weight is 771 g/mol. The molecule has 294 valence electrons. The standard InChI is InChI=1S/C46H46N2O9/c1-27(49)54-37-10-8-7-9-33(37)46(50)57-44-42(53-6)25-31-18-20-48(3)36-22-29-13-16-38(51-4)40(23-29)55-32-14-11-28(12-15-32)21-35-34-26-41(56-45(44)43(31)36)39(52-5)24-30(34)17-19-47(35)2/h7-16,23-26,35-36H,17-22H2,1-6H3/t35-,36-/m0/s1.